The van der Waals surface area contributed by atoms with Crippen molar-refractivity contribution in [3.63, 3.8) is 0 Å². The van der Waals surface area contributed by atoms with Crippen molar-refractivity contribution in [1.29, 1.82) is 0 Å². The number of pyridine rings is 1. The van der Waals surface area contributed by atoms with Crippen LogP contribution in [0, 0.1) is 5.92 Å². The van der Waals surface area contributed by atoms with Gasteiger partial charge in [-0.3, -0.25) is 0 Å². The van der Waals surface area contributed by atoms with E-state index >= 15 is 0 Å². The Kier molecular flexibility index (Phi) is 6.13. The monoisotopic (exact) mass is 286 g/mol. The minimum absolute atomic E-state index is 0. The Labute approximate surface area is 120 Å². The molecule has 1 atom stereocenters. The maximum absolute atomic E-state index is 5.83. The first kappa shape index (κ1) is 15.5. The fourth-order valence-electron chi connectivity index (χ4n) is 2.47. The molecule has 0 radical (unpaired) electrons. The summed E-state index contributed by atoms with van der Waals surface area (Å²) < 4.78 is 0. The molecule has 0 fully saturated rings. The van der Waals surface area contributed by atoms with Gasteiger partial charge < -0.3 is 4.90 Å². The minimum atomic E-state index is 0. The molecule has 0 aliphatic heterocycles. The van der Waals surface area contributed by atoms with Crippen LogP contribution in [0.15, 0.2) is 24.4 Å². The van der Waals surface area contributed by atoms with E-state index in [4.69, 9.17) is 11.6 Å². The van der Waals surface area contributed by atoms with Gasteiger partial charge in [0.2, 0.25) is 0 Å². The smallest absolute Gasteiger partial charge is 0.129 e. The lowest BCUT2D eigenvalue weighted by Crippen LogP contribution is -2.24. The molecule has 2 nitrogen and oxygen atoms in total. The Morgan fingerprint density at radius 3 is 2.78 bits per heavy atom. The summed E-state index contributed by atoms with van der Waals surface area (Å²) in [4.78, 5) is 6.44. The fourth-order valence-corrected chi connectivity index (χ4v) is 2.59. The summed E-state index contributed by atoms with van der Waals surface area (Å²) in [6, 6.07) is 3.95. The average molecular weight is 287 g/mol. The zero-order chi connectivity index (χ0) is 12.3. The first-order valence-electron chi connectivity index (χ1n) is 6.13. The normalized spacial score (nSPS) is 19.3. The predicted molar refractivity (Wildman–Crippen MR) is 80.4 cm³/mol. The van der Waals surface area contributed by atoms with Crippen LogP contribution in [0.4, 0.5) is 0 Å². The van der Waals surface area contributed by atoms with E-state index in [-0.39, 0.29) is 12.4 Å². The van der Waals surface area contributed by atoms with Gasteiger partial charge in [0.1, 0.15) is 5.15 Å². The molecule has 0 N–H and O–H groups in total. The van der Waals surface area contributed by atoms with Crippen molar-refractivity contribution in [1.82, 2.24) is 9.88 Å². The number of aromatic nitrogens is 1. The number of halogens is 2. The molecule has 1 aliphatic rings. The molecule has 100 valence electrons. The molecule has 18 heavy (non-hydrogen) atoms. The first-order chi connectivity index (χ1) is 8.16. The van der Waals surface area contributed by atoms with Gasteiger partial charge in [0.05, 0.1) is 0 Å². The number of rotatable bonds is 3. The third-order valence-corrected chi connectivity index (χ3v) is 3.43. The van der Waals surface area contributed by atoms with Crippen molar-refractivity contribution < 1.29 is 0 Å². The maximum Gasteiger partial charge on any atom is 0.129 e. The average Bonchev–Trinajstić information content (AvgIpc) is 2.30. The van der Waals surface area contributed by atoms with Crippen LogP contribution in [-0.2, 0) is 0 Å². The Hall–Kier alpha value is -0.570. The van der Waals surface area contributed by atoms with E-state index in [9.17, 15) is 0 Å². The van der Waals surface area contributed by atoms with Gasteiger partial charge in [0.15, 0.2) is 0 Å². The molecule has 0 saturated heterocycles. The number of hydrogen-bond acceptors (Lipinski definition) is 2. The number of nitrogens with zero attached hydrogens (tertiary/aromatic N) is 2. The number of allylic oxidation sites excluding steroid dienone is 1. The molecular formula is C14H20Cl2N2. The van der Waals surface area contributed by atoms with Crippen LogP contribution in [0.5, 0.6) is 0 Å². The van der Waals surface area contributed by atoms with E-state index < -0.39 is 0 Å². The van der Waals surface area contributed by atoms with E-state index in [1.807, 2.05) is 12.3 Å². The summed E-state index contributed by atoms with van der Waals surface area (Å²) >= 11 is 5.83. The summed E-state index contributed by atoms with van der Waals surface area (Å²) in [6.07, 6.45) is 8.00. The molecule has 1 aromatic heterocycles. The minimum Gasteiger partial charge on any atom is -0.309 e. The third kappa shape index (κ3) is 3.98. The molecule has 1 aromatic rings. The second-order valence-electron chi connectivity index (χ2n) is 4.92. The molecule has 2 rings (SSSR count). The van der Waals surface area contributed by atoms with Crippen molar-refractivity contribution in [2.75, 3.05) is 20.6 Å². The predicted octanol–water partition coefficient (Wildman–Crippen LogP) is 3.90. The van der Waals surface area contributed by atoms with Crippen LogP contribution in [0.2, 0.25) is 5.15 Å². The molecule has 4 heteroatoms. The molecule has 0 saturated carbocycles. The van der Waals surface area contributed by atoms with Crippen LogP contribution in [0.3, 0.4) is 0 Å². The van der Waals surface area contributed by atoms with Crippen molar-refractivity contribution >= 4 is 29.6 Å². The van der Waals surface area contributed by atoms with Gasteiger partial charge in [-0.15, -0.1) is 12.4 Å². The highest BCUT2D eigenvalue weighted by Crippen LogP contribution is 2.32. The molecule has 0 amide bonds. The standard InChI is InChI=1S/C14H19ClN2.ClH/c1-17(2)10-12-5-3-4-6-13(12)11-7-8-14(15)16-9-11;/h6-9,12H,3-5,10H2,1-2H3;1H. The van der Waals surface area contributed by atoms with Gasteiger partial charge in [0.25, 0.3) is 0 Å². The van der Waals surface area contributed by atoms with Gasteiger partial charge in [0, 0.05) is 12.7 Å². The van der Waals surface area contributed by atoms with Gasteiger partial charge in [-0.1, -0.05) is 23.7 Å². The van der Waals surface area contributed by atoms with E-state index in [0.29, 0.717) is 11.1 Å². The molecule has 1 unspecified atom stereocenters. The summed E-state index contributed by atoms with van der Waals surface area (Å²) in [5, 5.41) is 0.564. The van der Waals surface area contributed by atoms with Gasteiger partial charge >= 0.3 is 0 Å². The molecule has 0 spiro atoms. The summed E-state index contributed by atoms with van der Waals surface area (Å²) in [5.74, 6) is 0.627. The van der Waals surface area contributed by atoms with Crippen molar-refractivity contribution in [2.24, 2.45) is 5.92 Å². The zero-order valence-electron chi connectivity index (χ0n) is 10.9. The fraction of sp³-hybridized carbons (Fsp3) is 0.500. The highest BCUT2D eigenvalue weighted by atomic mass is 35.5. The van der Waals surface area contributed by atoms with Crippen LogP contribution in [-0.4, -0.2) is 30.5 Å². The van der Waals surface area contributed by atoms with E-state index in [2.05, 4.69) is 36.1 Å². The topological polar surface area (TPSA) is 16.1 Å². The van der Waals surface area contributed by atoms with Crippen LogP contribution < -0.4 is 0 Å². The van der Waals surface area contributed by atoms with Crippen molar-refractivity contribution in [2.45, 2.75) is 19.3 Å². The quantitative estimate of drug-likeness (QED) is 0.784. The Morgan fingerprint density at radius 1 is 1.39 bits per heavy atom. The maximum atomic E-state index is 5.83. The zero-order valence-corrected chi connectivity index (χ0v) is 12.5. The molecule has 0 aromatic carbocycles. The Morgan fingerprint density at radius 2 is 2.17 bits per heavy atom. The van der Waals surface area contributed by atoms with Gasteiger partial charge in [-0.2, -0.15) is 0 Å². The Bertz CT molecular complexity index is 399. The molecule has 0 bridgehead atoms. The van der Waals surface area contributed by atoms with Crippen molar-refractivity contribution in [3.8, 4) is 0 Å². The highest BCUT2D eigenvalue weighted by Gasteiger charge is 2.19. The lowest BCUT2D eigenvalue weighted by molar-refractivity contribution is 0.346. The first-order valence-corrected chi connectivity index (χ1v) is 6.51. The number of hydrogen-bond donors (Lipinski definition) is 0. The summed E-state index contributed by atoms with van der Waals surface area (Å²) in [5.41, 5.74) is 2.66. The second-order valence-corrected chi connectivity index (χ2v) is 5.31. The van der Waals surface area contributed by atoms with Crippen molar-refractivity contribution in [3.05, 3.63) is 35.1 Å². The second kappa shape index (κ2) is 7.13. The highest BCUT2D eigenvalue weighted by molar-refractivity contribution is 6.29. The van der Waals surface area contributed by atoms with E-state index in [0.717, 1.165) is 6.54 Å². The van der Waals surface area contributed by atoms with E-state index in [1.54, 1.807) is 0 Å². The van der Waals surface area contributed by atoms with Crippen LogP contribution in [0.25, 0.3) is 5.57 Å². The lowest BCUT2D eigenvalue weighted by Gasteiger charge is -2.27. The third-order valence-electron chi connectivity index (χ3n) is 3.21. The van der Waals surface area contributed by atoms with Crippen LogP contribution in [0.1, 0.15) is 24.8 Å². The summed E-state index contributed by atoms with van der Waals surface area (Å²) in [7, 11) is 4.26. The van der Waals surface area contributed by atoms with Gasteiger partial charge in [-0.25, -0.2) is 4.98 Å². The molecule has 1 aliphatic carbocycles. The summed E-state index contributed by atoms with van der Waals surface area (Å²) in [6.45, 7) is 1.11. The molecular weight excluding hydrogens is 267 g/mol. The Balaban J connectivity index is 0.00000162. The lowest BCUT2D eigenvalue weighted by atomic mass is 9.84. The van der Waals surface area contributed by atoms with Crippen LogP contribution >= 0.6 is 24.0 Å². The van der Waals surface area contributed by atoms with Gasteiger partial charge in [-0.05, 0) is 56.5 Å². The molecule has 1 heterocycles. The SMILES string of the molecule is CN(C)CC1CCCC=C1c1ccc(Cl)nc1.Cl. The van der Waals surface area contributed by atoms with E-state index in [1.165, 1.54) is 30.4 Å². The largest absolute Gasteiger partial charge is 0.309 e.